The van der Waals surface area contributed by atoms with Crippen LogP contribution in [-0.2, 0) is 6.42 Å². The molecule has 0 aliphatic heterocycles. The topological polar surface area (TPSA) is 12.9 Å². The van der Waals surface area contributed by atoms with Crippen LogP contribution in [0.2, 0.25) is 0 Å². The first kappa shape index (κ1) is 8.72. The zero-order valence-corrected chi connectivity index (χ0v) is 8.48. The number of alkyl halides is 1. The maximum Gasteiger partial charge on any atom is 0.0407 e. The highest BCUT2D eigenvalue weighted by atomic mass is 79.9. The van der Waals surface area contributed by atoms with Gasteiger partial charge >= 0.3 is 0 Å². The maximum atomic E-state index is 4.24. The molecule has 2 heteroatoms. The Morgan fingerprint density at radius 2 is 2.18 bits per heavy atom. The highest BCUT2D eigenvalue weighted by Crippen LogP contribution is 2.11. The molecule has 0 saturated heterocycles. The molecular formula is C9H12BrN. The normalized spacial score (nSPS) is 10.1. The second-order valence-electron chi connectivity index (χ2n) is 2.63. The molecule has 0 bridgehead atoms. The van der Waals surface area contributed by atoms with Gasteiger partial charge in [-0.1, -0.05) is 15.9 Å². The predicted molar refractivity (Wildman–Crippen MR) is 51.2 cm³/mol. The molecular weight excluding hydrogens is 202 g/mol. The van der Waals surface area contributed by atoms with Crippen LogP contribution in [0.3, 0.4) is 0 Å². The fourth-order valence-corrected chi connectivity index (χ4v) is 1.59. The molecule has 0 unspecified atom stereocenters. The molecule has 0 aliphatic rings. The van der Waals surface area contributed by atoms with Gasteiger partial charge in [-0.3, -0.25) is 4.98 Å². The third kappa shape index (κ3) is 2.03. The molecule has 60 valence electrons. The van der Waals surface area contributed by atoms with Gasteiger partial charge in [0.15, 0.2) is 0 Å². The monoisotopic (exact) mass is 213 g/mol. The van der Waals surface area contributed by atoms with Crippen LogP contribution < -0.4 is 0 Å². The van der Waals surface area contributed by atoms with Crippen molar-refractivity contribution in [3.63, 3.8) is 0 Å². The Morgan fingerprint density at radius 1 is 1.45 bits per heavy atom. The van der Waals surface area contributed by atoms with E-state index in [-0.39, 0.29) is 0 Å². The molecule has 0 fully saturated rings. The molecule has 0 atom stereocenters. The predicted octanol–water partition coefficient (Wildman–Crippen LogP) is 2.64. The summed E-state index contributed by atoms with van der Waals surface area (Å²) in [6.45, 7) is 4.19. The highest BCUT2D eigenvalue weighted by Gasteiger charge is 2.00. The number of pyridine rings is 1. The quantitative estimate of drug-likeness (QED) is 0.689. The minimum Gasteiger partial charge on any atom is -0.261 e. The van der Waals surface area contributed by atoms with Crippen LogP contribution in [0.1, 0.15) is 16.8 Å². The van der Waals surface area contributed by atoms with Gasteiger partial charge in [-0.2, -0.15) is 0 Å². The molecule has 0 aliphatic carbocycles. The van der Waals surface area contributed by atoms with Gasteiger partial charge in [-0.15, -0.1) is 0 Å². The summed E-state index contributed by atoms with van der Waals surface area (Å²) in [6, 6.07) is 2.06. The Labute approximate surface area is 76.0 Å². The van der Waals surface area contributed by atoms with Crippen molar-refractivity contribution in [2.24, 2.45) is 0 Å². The molecule has 1 aromatic rings. The Morgan fingerprint density at radius 3 is 2.73 bits per heavy atom. The fourth-order valence-electron chi connectivity index (χ4n) is 1.20. The first-order chi connectivity index (χ1) is 5.25. The standard InChI is InChI=1S/C9H12BrN/c1-7-4-6-11-8(2)9(7)3-5-10/h4,6H,3,5H2,1-2H3. The van der Waals surface area contributed by atoms with Crippen molar-refractivity contribution in [3.05, 3.63) is 29.1 Å². The largest absolute Gasteiger partial charge is 0.261 e. The van der Waals surface area contributed by atoms with Gasteiger partial charge in [0.25, 0.3) is 0 Å². The molecule has 0 N–H and O–H groups in total. The molecule has 0 saturated carbocycles. The lowest BCUT2D eigenvalue weighted by molar-refractivity contribution is 1.04. The SMILES string of the molecule is Cc1ccnc(C)c1CCBr. The van der Waals surface area contributed by atoms with Gasteiger partial charge in [-0.25, -0.2) is 0 Å². The molecule has 1 rings (SSSR count). The molecule has 11 heavy (non-hydrogen) atoms. The third-order valence-corrected chi connectivity index (χ3v) is 2.25. The summed E-state index contributed by atoms with van der Waals surface area (Å²) >= 11 is 3.43. The van der Waals surface area contributed by atoms with Crippen LogP contribution in [0, 0.1) is 13.8 Å². The third-order valence-electron chi connectivity index (χ3n) is 1.85. The fraction of sp³-hybridized carbons (Fsp3) is 0.444. The van der Waals surface area contributed by atoms with Gasteiger partial charge in [0.1, 0.15) is 0 Å². The van der Waals surface area contributed by atoms with Crippen LogP contribution in [-0.4, -0.2) is 10.3 Å². The Kier molecular flexibility index (Phi) is 3.06. The van der Waals surface area contributed by atoms with E-state index in [2.05, 4.69) is 40.8 Å². The first-order valence-electron chi connectivity index (χ1n) is 3.72. The maximum absolute atomic E-state index is 4.24. The van der Waals surface area contributed by atoms with Crippen LogP contribution in [0.5, 0.6) is 0 Å². The molecule has 1 aromatic heterocycles. The summed E-state index contributed by atoms with van der Waals surface area (Å²) in [7, 11) is 0. The number of hydrogen-bond acceptors (Lipinski definition) is 1. The van der Waals surface area contributed by atoms with Crippen molar-refractivity contribution >= 4 is 15.9 Å². The molecule has 1 nitrogen and oxygen atoms in total. The van der Waals surface area contributed by atoms with Gasteiger partial charge in [0.2, 0.25) is 0 Å². The smallest absolute Gasteiger partial charge is 0.0407 e. The van der Waals surface area contributed by atoms with E-state index in [0.29, 0.717) is 0 Å². The lowest BCUT2D eigenvalue weighted by atomic mass is 10.1. The van der Waals surface area contributed by atoms with Crippen LogP contribution in [0.25, 0.3) is 0 Å². The summed E-state index contributed by atoms with van der Waals surface area (Å²) in [5, 5.41) is 1.01. The first-order valence-corrected chi connectivity index (χ1v) is 4.85. The van der Waals surface area contributed by atoms with Crippen molar-refractivity contribution in [1.82, 2.24) is 4.98 Å². The van der Waals surface area contributed by atoms with Crippen molar-refractivity contribution in [3.8, 4) is 0 Å². The number of hydrogen-bond donors (Lipinski definition) is 0. The van der Waals surface area contributed by atoms with Crippen molar-refractivity contribution in [2.75, 3.05) is 5.33 Å². The second kappa shape index (κ2) is 3.86. The Balaban J connectivity index is 3.00. The second-order valence-corrected chi connectivity index (χ2v) is 3.42. The molecule has 0 spiro atoms. The molecule has 1 heterocycles. The lowest BCUT2D eigenvalue weighted by Crippen LogP contribution is -1.96. The van der Waals surface area contributed by atoms with E-state index in [0.717, 1.165) is 17.4 Å². The van der Waals surface area contributed by atoms with Gasteiger partial charge in [0, 0.05) is 17.2 Å². The number of rotatable bonds is 2. The van der Waals surface area contributed by atoms with Gasteiger partial charge in [-0.05, 0) is 37.5 Å². The van der Waals surface area contributed by atoms with Crippen LogP contribution >= 0.6 is 15.9 Å². The van der Waals surface area contributed by atoms with E-state index in [1.54, 1.807) is 0 Å². The Hall–Kier alpha value is -0.370. The van der Waals surface area contributed by atoms with Crippen molar-refractivity contribution < 1.29 is 0 Å². The number of halogens is 1. The number of aryl methyl sites for hydroxylation is 2. The average molecular weight is 214 g/mol. The summed E-state index contributed by atoms with van der Waals surface area (Å²) in [4.78, 5) is 4.24. The van der Waals surface area contributed by atoms with Gasteiger partial charge in [0.05, 0.1) is 0 Å². The molecule has 0 amide bonds. The van der Waals surface area contributed by atoms with E-state index in [1.165, 1.54) is 11.1 Å². The van der Waals surface area contributed by atoms with Crippen molar-refractivity contribution in [2.45, 2.75) is 20.3 Å². The molecule has 0 radical (unpaired) electrons. The summed E-state index contributed by atoms with van der Waals surface area (Å²) in [6.07, 6.45) is 2.94. The lowest BCUT2D eigenvalue weighted by Gasteiger charge is -2.05. The number of nitrogens with zero attached hydrogens (tertiary/aromatic N) is 1. The zero-order chi connectivity index (χ0) is 8.27. The number of aromatic nitrogens is 1. The van der Waals surface area contributed by atoms with Crippen molar-refractivity contribution in [1.29, 1.82) is 0 Å². The van der Waals surface area contributed by atoms with E-state index >= 15 is 0 Å². The van der Waals surface area contributed by atoms with E-state index in [9.17, 15) is 0 Å². The highest BCUT2D eigenvalue weighted by molar-refractivity contribution is 9.09. The average Bonchev–Trinajstić information content (AvgIpc) is 1.97. The van der Waals surface area contributed by atoms with Gasteiger partial charge < -0.3 is 0 Å². The Bertz CT molecular complexity index is 225. The summed E-state index contributed by atoms with van der Waals surface area (Å²) in [5.74, 6) is 0. The summed E-state index contributed by atoms with van der Waals surface area (Å²) < 4.78 is 0. The van der Waals surface area contributed by atoms with E-state index in [4.69, 9.17) is 0 Å². The zero-order valence-electron chi connectivity index (χ0n) is 6.89. The minimum absolute atomic E-state index is 1.01. The van der Waals surface area contributed by atoms with Crippen LogP contribution in [0.4, 0.5) is 0 Å². The van der Waals surface area contributed by atoms with E-state index < -0.39 is 0 Å². The summed E-state index contributed by atoms with van der Waals surface area (Å²) in [5.41, 5.74) is 3.88. The minimum atomic E-state index is 1.01. The van der Waals surface area contributed by atoms with E-state index in [1.807, 2.05) is 6.20 Å². The van der Waals surface area contributed by atoms with Crippen LogP contribution in [0.15, 0.2) is 12.3 Å². The molecule has 0 aromatic carbocycles.